The number of carbonyl (C=O) groups is 2. The highest BCUT2D eigenvalue weighted by Crippen LogP contribution is 2.42. The van der Waals surface area contributed by atoms with Crippen LogP contribution in [0.15, 0.2) is 48.8 Å². The minimum atomic E-state index is -0.416. The fourth-order valence-electron chi connectivity index (χ4n) is 4.63. The molecule has 3 aliphatic rings. The lowest BCUT2D eigenvalue weighted by Crippen LogP contribution is -2.40. The normalized spacial score (nSPS) is 17.3. The summed E-state index contributed by atoms with van der Waals surface area (Å²) in [5.74, 6) is 1.25. The summed E-state index contributed by atoms with van der Waals surface area (Å²) in [4.78, 5) is 36.0. The Hall–Kier alpha value is -4.34. The van der Waals surface area contributed by atoms with E-state index in [9.17, 15) is 9.59 Å². The number of carbonyl (C=O) groups excluding carboxylic acids is 2. The number of ether oxygens (including phenoxy) is 4. The number of benzene rings is 2. The zero-order valence-electron chi connectivity index (χ0n) is 20.7. The van der Waals surface area contributed by atoms with Gasteiger partial charge in [-0.2, -0.15) is 0 Å². The van der Waals surface area contributed by atoms with Gasteiger partial charge in [0.15, 0.2) is 18.1 Å². The van der Waals surface area contributed by atoms with Crippen molar-refractivity contribution in [1.82, 2.24) is 20.2 Å². The molecule has 3 aliphatic heterocycles. The molecule has 6 rings (SSSR count). The van der Waals surface area contributed by atoms with Crippen LogP contribution < -0.4 is 24.3 Å². The van der Waals surface area contributed by atoms with Gasteiger partial charge in [-0.15, -0.1) is 0 Å². The largest absolute Gasteiger partial charge is 0.494 e. The number of nitrogens with one attached hydrogen (secondary N) is 1. The average Bonchev–Trinajstić information content (AvgIpc) is 2.94. The van der Waals surface area contributed by atoms with Gasteiger partial charge in [0.05, 0.1) is 32.4 Å². The van der Waals surface area contributed by atoms with Crippen LogP contribution in [0.4, 0.5) is 0 Å². The molecule has 0 fully saturated rings. The first-order valence-electron chi connectivity index (χ1n) is 12.1. The predicted molar refractivity (Wildman–Crippen MR) is 133 cm³/mol. The van der Waals surface area contributed by atoms with Crippen LogP contribution in [0.25, 0.3) is 0 Å². The SMILES string of the molecule is COc1ncc(C(=O)N2CCc3cc4c(OC)cc3C2c2cccc(c2)OCCCNC(=O)CO4)cn1. The van der Waals surface area contributed by atoms with Crippen molar-refractivity contribution in [2.24, 2.45) is 0 Å². The monoisotopic (exact) mass is 504 g/mol. The minimum absolute atomic E-state index is 0.124. The van der Waals surface area contributed by atoms with Gasteiger partial charge in [-0.3, -0.25) is 9.59 Å². The molecule has 1 unspecified atom stereocenters. The van der Waals surface area contributed by atoms with Crippen molar-refractivity contribution in [2.75, 3.05) is 40.5 Å². The topological polar surface area (TPSA) is 112 Å². The molecule has 37 heavy (non-hydrogen) atoms. The maximum absolute atomic E-state index is 13.7. The first kappa shape index (κ1) is 24.4. The van der Waals surface area contributed by atoms with Gasteiger partial charge in [0.2, 0.25) is 0 Å². The molecule has 1 N–H and O–H groups in total. The Kier molecular flexibility index (Phi) is 7.07. The highest BCUT2D eigenvalue weighted by Gasteiger charge is 2.34. The van der Waals surface area contributed by atoms with Crippen molar-refractivity contribution in [3.8, 4) is 23.3 Å². The summed E-state index contributed by atoms with van der Waals surface area (Å²) in [6.45, 7) is 1.24. The number of hydrogen-bond donors (Lipinski definition) is 1. The highest BCUT2D eigenvalue weighted by atomic mass is 16.5. The summed E-state index contributed by atoms with van der Waals surface area (Å²) in [6.07, 6.45) is 4.18. The lowest BCUT2D eigenvalue weighted by atomic mass is 9.87. The Morgan fingerprint density at radius 3 is 2.73 bits per heavy atom. The summed E-state index contributed by atoms with van der Waals surface area (Å²) in [6, 6.07) is 11.3. The molecule has 3 aromatic rings. The Bertz CT molecular complexity index is 1300. The van der Waals surface area contributed by atoms with E-state index >= 15 is 0 Å². The number of fused-ring (bicyclic) bond motifs is 8. The van der Waals surface area contributed by atoms with E-state index in [0.717, 1.165) is 16.7 Å². The molecular formula is C27H28N4O6. The van der Waals surface area contributed by atoms with Crippen molar-refractivity contribution in [2.45, 2.75) is 18.9 Å². The van der Waals surface area contributed by atoms with Crippen LogP contribution in [0.2, 0.25) is 0 Å². The van der Waals surface area contributed by atoms with Crippen LogP contribution in [0.1, 0.15) is 39.5 Å². The zero-order chi connectivity index (χ0) is 25.8. The zero-order valence-corrected chi connectivity index (χ0v) is 20.7. The van der Waals surface area contributed by atoms with Crippen LogP contribution in [-0.4, -0.2) is 67.2 Å². The Balaban J connectivity index is 1.61. The fraction of sp³-hybridized carbons (Fsp3) is 0.333. The van der Waals surface area contributed by atoms with E-state index in [4.69, 9.17) is 18.9 Å². The third-order valence-corrected chi connectivity index (χ3v) is 6.42. The quantitative estimate of drug-likeness (QED) is 0.579. The number of aromatic nitrogens is 2. The molecular weight excluding hydrogens is 476 g/mol. The van der Waals surface area contributed by atoms with E-state index in [1.807, 2.05) is 41.3 Å². The first-order chi connectivity index (χ1) is 18.1. The van der Waals surface area contributed by atoms with E-state index in [1.165, 1.54) is 19.5 Å². The Morgan fingerprint density at radius 2 is 1.95 bits per heavy atom. The summed E-state index contributed by atoms with van der Waals surface area (Å²) in [5.41, 5.74) is 3.18. The van der Waals surface area contributed by atoms with Crippen LogP contribution in [0.5, 0.6) is 23.3 Å². The lowest BCUT2D eigenvalue weighted by molar-refractivity contribution is -0.123. The minimum Gasteiger partial charge on any atom is -0.494 e. The van der Waals surface area contributed by atoms with E-state index in [-0.39, 0.29) is 24.4 Å². The first-order valence-corrected chi connectivity index (χ1v) is 12.1. The maximum Gasteiger partial charge on any atom is 0.316 e. The number of nitrogens with zero attached hydrogens (tertiary/aromatic N) is 3. The van der Waals surface area contributed by atoms with Crippen LogP contribution in [0, 0.1) is 0 Å². The molecule has 6 bridgehead atoms. The van der Waals surface area contributed by atoms with Gasteiger partial charge in [-0.25, -0.2) is 9.97 Å². The van der Waals surface area contributed by atoms with Crippen LogP contribution in [-0.2, 0) is 11.2 Å². The van der Waals surface area contributed by atoms with E-state index in [2.05, 4.69) is 15.3 Å². The molecule has 0 aliphatic carbocycles. The Labute approximate surface area is 214 Å². The van der Waals surface area contributed by atoms with Gasteiger partial charge in [-0.1, -0.05) is 12.1 Å². The molecule has 0 radical (unpaired) electrons. The molecule has 10 nitrogen and oxygen atoms in total. The Morgan fingerprint density at radius 1 is 1.11 bits per heavy atom. The van der Waals surface area contributed by atoms with Crippen molar-refractivity contribution in [3.05, 3.63) is 71.0 Å². The summed E-state index contributed by atoms with van der Waals surface area (Å²) in [7, 11) is 3.03. The van der Waals surface area contributed by atoms with E-state index in [1.54, 1.807) is 7.11 Å². The van der Waals surface area contributed by atoms with Gasteiger partial charge in [-0.05, 0) is 53.8 Å². The second-order valence-electron chi connectivity index (χ2n) is 8.72. The second kappa shape index (κ2) is 10.7. The van der Waals surface area contributed by atoms with Crippen molar-refractivity contribution >= 4 is 11.8 Å². The van der Waals surface area contributed by atoms with Crippen molar-refractivity contribution < 1.29 is 28.5 Å². The van der Waals surface area contributed by atoms with Crippen LogP contribution >= 0.6 is 0 Å². The molecule has 4 heterocycles. The number of amides is 2. The smallest absolute Gasteiger partial charge is 0.316 e. The molecule has 0 spiro atoms. The molecule has 10 heteroatoms. The second-order valence-corrected chi connectivity index (χ2v) is 8.72. The molecule has 1 atom stereocenters. The molecule has 1 aromatic heterocycles. The van der Waals surface area contributed by atoms with Gasteiger partial charge < -0.3 is 29.2 Å². The van der Waals surface area contributed by atoms with E-state index < -0.39 is 6.04 Å². The molecule has 192 valence electrons. The number of methoxy groups -OCH3 is 2. The standard InChI is InChI=1S/C27H28N4O6/c1-34-22-13-21-17-7-9-31(26(33)19-14-29-27(35-2)30-15-19)25(21)18-5-3-6-20(11-18)36-10-4-8-28-24(32)16-37-23(22)12-17/h3,5-6,11-15,25H,4,7-10,16H2,1-2H3,(H,28,32). The summed E-state index contributed by atoms with van der Waals surface area (Å²) < 4.78 is 22.5. The lowest BCUT2D eigenvalue weighted by Gasteiger charge is -2.38. The summed E-state index contributed by atoms with van der Waals surface area (Å²) in [5, 5.41) is 2.84. The molecule has 2 aromatic carbocycles. The predicted octanol–water partition coefficient (Wildman–Crippen LogP) is 2.56. The maximum atomic E-state index is 13.7. The van der Waals surface area contributed by atoms with Gasteiger partial charge in [0.1, 0.15) is 5.75 Å². The van der Waals surface area contributed by atoms with Crippen molar-refractivity contribution in [3.63, 3.8) is 0 Å². The average molecular weight is 505 g/mol. The number of hydrogen-bond acceptors (Lipinski definition) is 8. The van der Waals surface area contributed by atoms with Crippen LogP contribution in [0.3, 0.4) is 0 Å². The highest BCUT2D eigenvalue weighted by molar-refractivity contribution is 5.94. The molecule has 0 saturated carbocycles. The third-order valence-electron chi connectivity index (χ3n) is 6.42. The van der Waals surface area contributed by atoms with E-state index in [0.29, 0.717) is 55.4 Å². The fourth-order valence-corrected chi connectivity index (χ4v) is 4.63. The summed E-state index contributed by atoms with van der Waals surface area (Å²) >= 11 is 0. The third kappa shape index (κ3) is 5.13. The van der Waals surface area contributed by atoms with Crippen molar-refractivity contribution in [1.29, 1.82) is 0 Å². The molecule has 0 saturated heterocycles. The number of rotatable bonds is 3. The van der Waals surface area contributed by atoms with Gasteiger partial charge >= 0.3 is 6.01 Å². The molecule has 2 amide bonds. The van der Waals surface area contributed by atoms with Gasteiger partial charge in [0.25, 0.3) is 11.8 Å². The van der Waals surface area contributed by atoms with Gasteiger partial charge in [0, 0.05) is 25.5 Å².